The van der Waals surface area contributed by atoms with Crippen LogP contribution in [0.1, 0.15) is 34.1 Å². The van der Waals surface area contributed by atoms with Crippen LogP contribution in [0.3, 0.4) is 0 Å². The van der Waals surface area contributed by atoms with Crippen molar-refractivity contribution in [1.29, 1.82) is 0 Å². The molecule has 16 heavy (non-hydrogen) atoms. The van der Waals surface area contributed by atoms with E-state index < -0.39 is 0 Å². The molecule has 0 spiro atoms. The summed E-state index contributed by atoms with van der Waals surface area (Å²) in [6.07, 6.45) is 1.14. The fourth-order valence-corrected chi connectivity index (χ4v) is 2.47. The zero-order chi connectivity index (χ0) is 12.1. The largest absolute Gasteiger partial charge is 0.327 e. The van der Waals surface area contributed by atoms with Crippen molar-refractivity contribution in [2.24, 2.45) is 11.7 Å². The highest BCUT2D eigenvalue weighted by molar-refractivity contribution is 4.77. The third-order valence-electron chi connectivity index (χ3n) is 3.40. The Hall–Kier alpha value is -0.120. The lowest BCUT2D eigenvalue weighted by Gasteiger charge is -2.38. The maximum Gasteiger partial charge on any atom is 0.0170 e. The molecule has 0 aromatic heterocycles. The van der Waals surface area contributed by atoms with Gasteiger partial charge in [-0.25, -0.2) is 0 Å². The summed E-state index contributed by atoms with van der Waals surface area (Å²) < 4.78 is 0. The Morgan fingerprint density at radius 2 is 1.56 bits per heavy atom. The molecule has 1 heterocycles. The molecule has 1 fully saturated rings. The van der Waals surface area contributed by atoms with Crippen LogP contribution in [0.25, 0.3) is 0 Å². The molecule has 0 amide bonds. The fourth-order valence-electron chi connectivity index (χ4n) is 2.47. The molecule has 0 radical (unpaired) electrons. The molecule has 96 valence electrons. The number of piperazine rings is 1. The van der Waals surface area contributed by atoms with Gasteiger partial charge >= 0.3 is 0 Å². The average molecular weight is 227 g/mol. The van der Waals surface area contributed by atoms with E-state index in [0.29, 0.717) is 18.0 Å². The molecule has 0 unspecified atom stereocenters. The van der Waals surface area contributed by atoms with Crippen molar-refractivity contribution in [2.75, 3.05) is 32.7 Å². The molecule has 1 atom stereocenters. The Bertz CT molecular complexity index is 184. The van der Waals surface area contributed by atoms with E-state index in [1.54, 1.807) is 0 Å². The molecular formula is C13H29N3. The van der Waals surface area contributed by atoms with Crippen LogP contribution in [0.2, 0.25) is 0 Å². The predicted octanol–water partition coefficient (Wildman–Crippen LogP) is 1.39. The van der Waals surface area contributed by atoms with Gasteiger partial charge in [0, 0.05) is 44.8 Å². The van der Waals surface area contributed by atoms with Crippen LogP contribution in [0.15, 0.2) is 0 Å². The SMILES string of the molecule is CC(C)C[C@@H](N)CN1CCN(C(C)C)CC1. The van der Waals surface area contributed by atoms with E-state index in [-0.39, 0.29) is 0 Å². The monoisotopic (exact) mass is 227 g/mol. The first-order valence-corrected chi connectivity index (χ1v) is 6.71. The molecule has 0 bridgehead atoms. The number of rotatable bonds is 5. The maximum atomic E-state index is 6.14. The Balaban J connectivity index is 2.21. The summed E-state index contributed by atoms with van der Waals surface area (Å²) in [5.74, 6) is 0.715. The minimum absolute atomic E-state index is 0.352. The fraction of sp³-hybridized carbons (Fsp3) is 1.00. The lowest BCUT2D eigenvalue weighted by molar-refractivity contribution is 0.103. The van der Waals surface area contributed by atoms with Gasteiger partial charge in [0.15, 0.2) is 0 Å². The van der Waals surface area contributed by atoms with Crippen LogP contribution in [0, 0.1) is 5.92 Å². The van der Waals surface area contributed by atoms with Crippen molar-refractivity contribution < 1.29 is 0 Å². The molecule has 1 aliphatic heterocycles. The number of nitrogens with two attached hydrogens (primary N) is 1. The summed E-state index contributed by atoms with van der Waals surface area (Å²) in [6.45, 7) is 14.9. The van der Waals surface area contributed by atoms with Gasteiger partial charge in [0.25, 0.3) is 0 Å². The minimum Gasteiger partial charge on any atom is -0.327 e. The lowest BCUT2D eigenvalue weighted by atomic mass is 10.0. The van der Waals surface area contributed by atoms with E-state index in [2.05, 4.69) is 37.5 Å². The Morgan fingerprint density at radius 3 is 2.00 bits per heavy atom. The van der Waals surface area contributed by atoms with E-state index in [4.69, 9.17) is 5.73 Å². The predicted molar refractivity (Wildman–Crippen MR) is 70.6 cm³/mol. The number of nitrogens with zero attached hydrogens (tertiary/aromatic N) is 2. The van der Waals surface area contributed by atoms with E-state index in [1.165, 1.54) is 26.2 Å². The first-order valence-electron chi connectivity index (χ1n) is 6.71. The van der Waals surface area contributed by atoms with Crippen LogP contribution < -0.4 is 5.73 Å². The summed E-state index contributed by atoms with van der Waals surface area (Å²) in [5.41, 5.74) is 6.14. The Morgan fingerprint density at radius 1 is 1.00 bits per heavy atom. The normalized spacial score (nSPS) is 21.9. The van der Waals surface area contributed by atoms with Crippen LogP contribution in [-0.2, 0) is 0 Å². The second-order valence-electron chi connectivity index (χ2n) is 5.82. The van der Waals surface area contributed by atoms with E-state index >= 15 is 0 Å². The Kier molecular flexibility index (Phi) is 5.73. The highest BCUT2D eigenvalue weighted by Crippen LogP contribution is 2.08. The smallest absolute Gasteiger partial charge is 0.0170 e. The highest BCUT2D eigenvalue weighted by atomic mass is 15.3. The molecule has 0 aromatic rings. The zero-order valence-electron chi connectivity index (χ0n) is 11.4. The van der Waals surface area contributed by atoms with Crippen LogP contribution in [0.5, 0.6) is 0 Å². The molecule has 1 saturated heterocycles. The molecular weight excluding hydrogens is 198 g/mol. The van der Waals surface area contributed by atoms with Crippen molar-refractivity contribution in [2.45, 2.75) is 46.2 Å². The first kappa shape index (κ1) is 13.9. The molecule has 1 aliphatic rings. The van der Waals surface area contributed by atoms with Gasteiger partial charge in [0.05, 0.1) is 0 Å². The van der Waals surface area contributed by atoms with Crippen molar-refractivity contribution in [1.82, 2.24) is 9.80 Å². The maximum absolute atomic E-state index is 6.14. The van der Waals surface area contributed by atoms with E-state index in [9.17, 15) is 0 Å². The van der Waals surface area contributed by atoms with Crippen molar-refractivity contribution >= 4 is 0 Å². The third kappa shape index (κ3) is 4.81. The highest BCUT2D eigenvalue weighted by Gasteiger charge is 2.20. The molecule has 3 nitrogen and oxygen atoms in total. The summed E-state index contributed by atoms with van der Waals surface area (Å²) in [4.78, 5) is 5.07. The van der Waals surface area contributed by atoms with Gasteiger partial charge in [-0.05, 0) is 26.2 Å². The van der Waals surface area contributed by atoms with E-state index in [0.717, 1.165) is 13.0 Å². The van der Waals surface area contributed by atoms with Gasteiger partial charge in [-0.15, -0.1) is 0 Å². The average Bonchev–Trinajstić information content (AvgIpc) is 2.16. The summed E-state index contributed by atoms with van der Waals surface area (Å²) in [5, 5.41) is 0. The standard InChI is InChI=1S/C13H29N3/c1-11(2)9-13(14)10-15-5-7-16(8-6-15)12(3)4/h11-13H,5-10,14H2,1-4H3/t13-/m1/s1. The zero-order valence-corrected chi connectivity index (χ0v) is 11.4. The third-order valence-corrected chi connectivity index (χ3v) is 3.40. The molecule has 2 N–H and O–H groups in total. The quantitative estimate of drug-likeness (QED) is 0.770. The summed E-state index contributed by atoms with van der Waals surface area (Å²) >= 11 is 0. The molecule has 3 heteroatoms. The van der Waals surface area contributed by atoms with Gasteiger partial charge in [0.1, 0.15) is 0 Å². The van der Waals surface area contributed by atoms with Gasteiger partial charge in [-0.3, -0.25) is 9.80 Å². The van der Waals surface area contributed by atoms with Gasteiger partial charge in [-0.1, -0.05) is 13.8 Å². The second kappa shape index (κ2) is 6.58. The molecule has 1 rings (SSSR count). The number of hydrogen-bond acceptors (Lipinski definition) is 3. The topological polar surface area (TPSA) is 32.5 Å². The molecule has 0 aromatic carbocycles. The Labute approximate surface area is 101 Å². The van der Waals surface area contributed by atoms with E-state index in [1.807, 2.05) is 0 Å². The second-order valence-corrected chi connectivity index (χ2v) is 5.82. The van der Waals surface area contributed by atoms with Crippen LogP contribution in [-0.4, -0.2) is 54.6 Å². The molecule has 0 aliphatic carbocycles. The van der Waals surface area contributed by atoms with Crippen molar-refractivity contribution in [3.63, 3.8) is 0 Å². The number of hydrogen-bond donors (Lipinski definition) is 1. The van der Waals surface area contributed by atoms with Gasteiger partial charge < -0.3 is 5.73 Å². The lowest BCUT2D eigenvalue weighted by Crippen LogP contribution is -2.51. The first-order chi connectivity index (χ1) is 7.49. The van der Waals surface area contributed by atoms with Gasteiger partial charge in [-0.2, -0.15) is 0 Å². The minimum atomic E-state index is 0.352. The summed E-state index contributed by atoms with van der Waals surface area (Å²) in [6, 6.07) is 1.04. The van der Waals surface area contributed by atoms with Crippen molar-refractivity contribution in [3.05, 3.63) is 0 Å². The molecule has 0 saturated carbocycles. The summed E-state index contributed by atoms with van der Waals surface area (Å²) in [7, 11) is 0. The van der Waals surface area contributed by atoms with Crippen molar-refractivity contribution in [3.8, 4) is 0 Å². The van der Waals surface area contributed by atoms with Crippen LogP contribution >= 0.6 is 0 Å². The van der Waals surface area contributed by atoms with Gasteiger partial charge in [0.2, 0.25) is 0 Å². The van der Waals surface area contributed by atoms with Crippen LogP contribution in [0.4, 0.5) is 0 Å².